The summed E-state index contributed by atoms with van der Waals surface area (Å²) in [6.45, 7) is 4.00. The molecule has 0 saturated carbocycles. The van der Waals surface area contributed by atoms with Crippen molar-refractivity contribution >= 4 is 28.9 Å². The second-order valence-electron chi connectivity index (χ2n) is 1.77. The molecule has 0 heterocycles. The first-order valence-electron chi connectivity index (χ1n) is 3.65. The van der Waals surface area contributed by atoms with E-state index in [9.17, 15) is 0 Å². The highest BCUT2D eigenvalue weighted by Crippen LogP contribution is 2.24. The minimum atomic E-state index is 0.497. The quantitative estimate of drug-likeness (QED) is 0.547. The van der Waals surface area contributed by atoms with E-state index >= 15 is 0 Å². The van der Waals surface area contributed by atoms with Crippen molar-refractivity contribution < 1.29 is 0 Å². The van der Waals surface area contributed by atoms with Gasteiger partial charge in [0, 0.05) is 0 Å². The van der Waals surface area contributed by atoms with Crippen molar-refractivity contribution in [1.82, 2.24) is 0 Å². The average Bonchev–Trinajstić information content (AvgIpc) is 2.13. The van der Waals surface area contributed by atoms with E-state index in [1.54, 1.807) is 18.2 Å². The fourth-order valence-corrected chi connectivity index (χ4v) is 0.884. The van der Waals surface area contributed by atoms with Crippen molar-refractivity contribution in [1.29, 1.82) is 0 Å². The number of benzene rings is 1. The predicted octanol–water partition coefficient (Wildman–Crippen LogP) is 3.31. The van der Waals surface area contributed by atoms with Gasteiger partial charge in [0.1, 0.15) is 0 Å². The Morgan fingerprint density at radius 2 is 1.75 bits per heavy atom. The molecular formula is C8H12Cl2N2. The zero-order chi connectivity index (χ0) is 9.56. The first-order chi connectivity index (χ1) is 5.74. The molecule has 4 heteroatoms. The summed E-state index contributed by atoms with van der Waals surface area (Å²) in [5.74, 6) is 5.12. The molecule has 0 amide bonds. The van der Waals surface area contributed by atoms with E-state index in [-0.39, 0.29) is 0 Å². The van der Waals surface area contributed by atoms with E-state index < -0.39 is 0 Å². The number of hydrogen-bond donors (Lipinski definition) is 2. The lowest BCUT2D eigenvalue weighted by Crippen LogP contribution is -2.06. The number of nitrogens with one attached hydrogen (secondary N) is 1. The highest BCUT2D eigenvalue weighted by Gasteiger charge is 1.96. The molecule has 0 bridgehead atoms. The Balaban J connectivity index is 0.000000561. The van der Waals surface area contributed by atoms with E-state index in [1.807, 2.05) is 13.8 Å². The van der Waals surface area contributed by atoms with E-state index in [0.717, 1.165) is 5.69 Å². The molecule has 0 spiro atoms. The van der Waals surface area contributed by atoms with Crippen LogP contribution in [0.2, 0.25) is 10.0 Å². The minimum Gasteiger partial charge on any atom is -0.324 e. The molecule has 2 nitrogen and oxygen atoms in total. The van der Waals surface area contributed by atoms with Crippen LogP contribution >= 0.6 is 23.2 Å². The number of hydrogen-bond acceptors (Lipinski definition) is 2. The third kappa shape index (κ3) is 3.30. The normalized spacial score (nSPS) is 8.42. The van der Waals surface area contributed by atoms with Gasteiger partial charge in [0.25, 0.3) is 0 Å². The van der Waals surface area contributed by atoms with Crippen LogP contribution in [0.15, 0.2) is 18.2 Å². The van der Waals surface area contributed by atoms with Crippen molar-refractivity contribution in [2.75, 3.05) is 5.43 Å². The molecule has 0 radical (unpaired) electrons. The van der Waals surface area contributed by atoms with Gasteiger partial charge in [-0.1, -0.05) is 37.0 Å². The fourth-order valence-electron chi connectivity index (χ4n) is 0.586. The van der Waals surface area contributed by atoms with Crippen molar-refractivity contribution in [3.8, 4) is 0 Å². The van der Waals surface area contributed by atoms with Gasteiger partial charge >= 0.3 is 0 Å². The molecule has 0 fully saturated rings. The molecule has 0 unspecified atom stereocenters. The second-order valence-corrected chi connectivity index (χ2v) is 2.59. The standard InChI is InChI=1S/C6H6Cl2N2.C2H6/c7-5-2-1-4(10-9)3-6(5)8;1-2/h1-3,10H,9H2;1-2H3. The molecule has 12 heavy (non-hydrogen) atoms. The van der Waals surface area contributed by atoms with Gasteiger partial charge in [-0.15, -0.1) is 0 Å². The second kappa shape index (κ2) is 6.12. The summed E-state index contributed by atoms with van der Waals surface area (Å²) < 4.78 is 0. The van der Waals surface area contributed by atoms with Crippen molar-refractivity contribution in [3.05, 3.63) is 28.2 Å². The first-order valence-corrected chi connectivity index (χ1v) is 4.41. The number of rotatable bonds is 1. The van der Waals surface area contributed by atoms with Gasteiger partial charge in [0.15, 0.2) is 0 Å². The number of halogens is 2. The lowest BCUT2D eigenvalue weighted by Gasteiger charge is -1.99. The third-order valence-electron chi connectivity index (χ3n) is 1.09. The minimum absolute atomic E-state index is 0.497. The van der Waals surface area contributed by atoms with E-state index in [4.69, 9.17) is 29.0 Å². The van der Waals surface area contributed by atoms with Crippen molar-refractivity contribution in [3.63, 3.8) is 0 Å². The molecule has 1 rings (SSSR count). The van der Waals surface area contributed by atoms with Gasteiger partial charge in [-0.3, -0.25) is 5.84 Å². The Kier molecular flexibility index (Phi) is 5.89. The van der Waals surface area contributed by atoms with Crippen LogP contribution < -0.4 is 11.3 Å². The Morgan fingerprint density at radius 1 is 1.17 bits per heavy atom. The molecule has 0 aromatic heterocycles. The summed E-state index contributed by atoms with van der Waals surface area (Å²) in [4.78, 5) is 0. The van der Waals surface area contributed by atoms with E-state index in [2.05, 4.69) is 5.43 Å². The largest absolute Gasteiger partial charge is 0.324 e. The van der Waals surface area contributed by atoms with Crippen LogP contribution in [-0.2, 0) is 0 Å². The zero-order valence-corrected chi connectivity index (χ0v) is 8.58. The van der Waals surface area contributed by atoms with Gasteiger partial charge in [-0.05, 0) is 18.2 Å². The average molecular weight is 207 g/mol. The maximum atomic E-state index is 5.67. The summed E-state index contributed by atoms with van der Waals surface area (Å²) in [6.07, 6.45) is 0. The molecule has 0 atom stereocenters. The van der Waals surface area contributed by atoms with Crippen LogP contribution in [-0.4, -0.2) is 0 Å². The van der Waals surface area contributed by atoms with E-state index in [1.165, 1.54) is 0 Å². The molecule has 0 aliphatic heterocycles. The molecule has 1 aromatic carbocycles. The van der Waals surface area contributed by atoms with Gasteiger partial charge in [-0.25, -0.2) is 0 Å². The van der Waals surface area contributed by atoms with Gasteiger partial charge in [0.05, 0.1) is 15.7 Å². The lowest BCUT2D eigenvalue weighted by atomic mass is 10.3. The number of anilines is 1. The summed E-state index contributed by atoms with van der Waals surface area (Å²) >= 11 is 11.3. The third-order valence-corrected chi connectivity index (χ3v) is 1.83. The van der Waals surface area contributed by atoms with Crippen LogP contribution in [0.1, 0.15) is 13.8 Å². The SMILES string of the molecule is CC.NNc1ccc(Cl)c(Cl)c1. The van der Waals surface area contributed by atoms with Crippen molar-refractivity contribution in [2.45, 2.75) is 13.8 Å². The summed E-state index contributed by atoms with van der Waals surface area (Å²) in [5.41, 5.74) is 3.20. The van der Waals surface area contributed by atoms with Crippen LogP contribution in [0, 0.1) is 0 Å². The van der Waals surface area contributed by atoms with Gasteiger partial charge in [-0.2, -0.15) is 0 Å². The lowest BCUT2D eigenvalue weighted by molar-refractivity contribution is 1.35. The predicted molar refractivity (Wildman–Crippen MR) is 55.6 cm³/mol. The Morgan fingerprint density at radius 3 is 2.17 bits per heavy atom. The summed E-state index contributed by atoms with van der Waals surface area (Å²) in [5, 5.41) is 1.03. The molecule has 0 saturated heterocycles. The van der Waals surface area contributed by atoms with Gasteiger partial charge in [0.2, 0.25) is 0 Å². The highest BCUT2D eigenvalue weighted by atomic mass is 35.5. The zero-order valence-electron chi connectivity index (χ0n) is 7.07. The molecule has 1 aromatic rings. The highest BCUT2D eigenvalue weighted by molar-refractivity contribution is 6.42. The number of nitrogens with two attached hydrogens (primary N) is 1. The molecule has 0 aliphatic carbocycles. The molecule has 3 N–H and O–H groups in total. The molecule has 68 valence electrons. The monoisotopic (exact) mass is 206 g/mol. The van der Waals surface area contributed by atoms with Crippen molar-refractivity contribution in [2.24, 2.45) is 5.84 Å². The number of hydrazine groups is 1. The summed E-state index contributed by atoms with van der Waals surface area (Å²) in [7, 11) is 0. The van der Waals surface area contributed by atoms with Crippen LogP contribution in [0.5, 0.6) is 0 Å². The van der Waals surface area contributed by atoms with E-state index in [0.29, 0.717) is 10.0 Å². The molecule has 0 aliphatic rings. The maximum Gasteiger partial charge on any atom is 0.0613 e. The Labute approximate surface area is 82.6 Å². The smallest absolute Gasteiger partial charge is 0.0613 e. The fraction of sp³-hybridized carbons (Fsp3) is 0.250. The maximum absolute atomic E-state index is 5.67. The Bertz CT molecular complexity index is 238. The Hall–Kier alpha value is -0.440. The number of nitrogen functional groups attached to an aromatic ring is 1. The first kappa shape index (κ1) is 11.6. The van der Waals surface area contributed by atoms with Crippen LogP contribution in [0.3, 0.4) is 0 Å². The summed E-state index contributed by atoms with van der Waals surface area (Å²) in [6, 6.07) is 5.08. The van der Waals surface area contributed by atoms with Crippen LogP contribution in [0.4, 0.5) is 5.69 Å². The topological polar surface area (TPSA) is 38.0 Å². The van der Waals surface area contributed by atoms with Gasteiger partial charge < -0.3 is 5.43 Å². The molecular weight excluding hydrogens is 195 g/mol. The van der Waals surface area contributed by atoms with Crippen LogP contribution in [0.25, 0.3) is 0 Å².